The van der Waals surface area contributed by atoms with E-state index in [9.17, 15) is 0 Å². The molecule has 1 aromatic carbocycles. The number of para-hydroxylation sites is 1. The molecule has 0 spiro atoms. The van der Waals surface area contributed by atoms with Gasteiger partial charge in [-0.2, -0.15) is 0 Å². The number of benzene rings is 1. The van der Waals surface area contributed by atoms with E-state index in [1.54, 1.807) is 0 Å². The number of aromatic nitrogens is 2. The second-order valence-electron chi connectivity index (χ2n) is 4.91. The van der Waals surface area contributed by atoms with Crippen LogP contribution in [0.4, 0.5) is 0 Å². The minimum Gasteiger partial charge on any atom is -0.255 e. The van der Waals surface area contributed by atoms with Gasteiger partial charge < -0.3 is 0 Å². The minimum absolute atomic E-state index is 1.02. The van der Waals surface area contributed by atoms with Gasteiger partial charge in [0.15, 0.2) is 0 Å². The predicted molar refractivity (Wildman–Crippen MR) is 80.4 cm³/mol. The molecule has 2 nitrogen and oxygen atoms in total. The van der Waals surface area contributed by atoms with Crippen LogP contribution in [0.3, 0.4) is 0 Å². The third-order valence-electron chi connectivity index (χ3n) is 3.59. The van der Waals surface area contributed by atoms with Crippen LogP contribution in [-0.2, 0) is 12.8 Å². The summed E-state index contributed by atoms with van der Waals surface area (Å²) in [5.74, 6) is 0. The van der Waals surface area contributed by atoms with Gasteiger partial charge in [0, 0.05) is 22.7 Å². The Balaban J connectivity index is 2.35. The van der Waals surface area contributed by atoms with Gasteiger partial charge in [0.05, 0.1) is 11.0 Å². The quantitative estimate of drug-likeness (QED) is 0.648. The molecular formula is C17H18N2. The summed E-state index contributed by atoms with van der Waals surface area (Å²) in [5.41, 5.74) is 4.71. The second kappa shape index (κ2) is 4.96. The highest BCUT2D eigenvalue weighted by atomic mass is 14.7. The van der Waals surface area contributed by atoms with Gasteiger partial charge in [0.1, 0.15) is 0 Å². The highest BCUT2D eigenvalue weighted by molar-refractivity contribution is 6.02. The molecule has 0 aliphatic rings. The van der Waals surface area contributed by atoms with E-state index >= 15 is 0 Å². The van der Waals surface area contributed by atoms with Gasteiger partial charge >= 0.3 is 0 Å². The molecule has 96 valence electrons. The third kappa shape index (κ3) is 2.07. The van der Waals surface area contributed by atoms with E-state index in [0.29, 0.717) is 0 Å². The lowest BCUT2D eigenvalue weighted by Crippen LogP contribution is -1.98. The molecule has 0 amide bonds. The highest BCUT2D eigenvalue weighted by Crippen LogP contribution is 2.24. The topological polar surface area (TPSA) is 25.8 Å². The van der Waals surface area contributed by atoms with E-state index in [1.165, 1.54) is 11.3 Å². The molecule has 0 fully saturated rings. The van der Waals surface area contributed by atoms with Crippen LogP contribution in [0, 0.1) is 0 Å². The van der Waals surface area contributed by atoms with E-state index in [-0.39, 0.29) is 0 Å². The van der Waals surface area contributed by atoms with Gasteiger partial charge in [0.25, 0.3) is 0 Å². The van der Waals surface area contributed by atoms with Crippen LogP contribution in [0.15, 0.2) is 36.5 Å². The second-order valence-corrected chi connectivity index (χ2v) is 4.91. The molecule has 0 aliphatic carbocycles. The number of fused-ring (bicyclic) bond motifs is 3. The Bertz CT molecular complexity index is 732. The molecule has 0 radical (unpaired) electrons. The highest BCUT2D eigenvalue weighted by Gasteiger charge is 2.08. The van der Waals surface area contributed by atoms with Crippen molar-refractivity contribution in [3.8, 4) is 0 Å². The smallest absolute Gasteiger partial charge is 0.0814 e. The van der Waals surface area contributed by atoms with Crippen LogP contribution in [-0.4, -0.2) is 9.97 Å². The Kier molecular flexibility index (Phi) is 3.16. The van der Waals surface area contributed by atoms with Crippen LogP contribution in [0.25, 0.3) is 21.8 Å². The van der Waals surface area contributed by atoms with Gasteiger partial charge in [-0.15, -0.1) is 0 Å². The predicted octanol–water partition coefficient (Wildman–Crippen LogP) is 4.30. The lowest BCUT2D eigenvalue weighted by Gasteiger charge is -2.10. The molecule has 0 aliphatic heterocycles. The zero-order valence-corrected chi connectivity index (χ0v) is 11.5. The van der Waals surface area contributed by atoms with Crippen molar-refractivity contribution in [3.05, 3.63) is 47.8 Å². The molecule has 0 bridgehead atoms. The van der Waals surface area contributed by atoms with Crippen molar-refractivity contribution in [2.45, 2.75) is 33.1 Å². The third-order valence-corrected chi connectivity index (χ3v) is 3.59. The first kappa shape index (κ1) is 12.1. The maximum absolute atomic E-state index is 4.92. The summed E-state index contributed by atoms with van der Waals surface area (Å²) in [6.07, 6.45) is 5.16. The molecule has 2 aromatic heterocycles. The first-order valence-corrected chi connectivity index (χ1v) is 6.99. The van der Waals surface area contributed by atoms with E-state index in [2.05, 4.69) is 37.0 Å². The van der Waals surface area contributed by atoms with Gasteiger partial charge in [-0.3, -0.25) is 9.97 Å². The number of nitrogens with zero attached hydrogens (tertiary/aromatic N) is 2. The van der Waals surface area contributed by atoms with E-state index < -0.39 is 0 Å². The SMILES string of the molecule is CCCc1nc2c(cnc3ccccc32)cc1CC. The minimum atomic E-state index is 1.02. The zero-order valence-electron chi connectivity index (χ0n) is 11.5. The van der Waals surface area contributed by atoms with Crippen LogP contribution in [0.2, 0.25) is 0 Å². The molecule has 0 saturated carbocycles. The summed E-state index contributed by atoms with van der Waals surface area (Å²) in [7, 11) is 0. The summed E-state index contributed by atoms with van der Waals surface area (Å²) in [6.45, 7) is 4.40. The van der Waals surface area contributed by atoms with Crippen LogP contribution in [0.1, 0.15) is 31.5 Å². The van der Waals surface area contributed by atoms with Crippen molar-refractivity contribution in [2.75, 3.05) is 0 Å². The molecule has 0 atom stereocenters. The summed E-state index contributed by atoms with van der Waals surface area (Å²) >= 11 is 0. The average Bonchev–Trinajstić information content (AvgIpc) is 2.47. The summed E-state index contributed by atoms with van der Waals surface area (Å²) in [6, 6.07) is 10.5. The molecule has 0 saturated heterocycles. The van der Waals surface area contributed by atoms with Crippen molar-refractivity contribution in [1.29, 1.82) is 0 Å². The summed E-state index contributed by atoms with van der Waals surface area (Å²) in [5, 5.41) is 2.30. The number of rotatable bonds is 3. The van der Waals surface area contributed by atoms with Crippen molar-refractivity contribution in [1.82, 2.24) is 9.97 Å². The van der Waals surface area contributed by atoms with Gasteiger partial charge in [-0.1, -0.05) is 38.5 Å². The number of pyridine rings is 2. The summed E-state index contributed by atoms with van der Waals surface area (Å²) in [4.78, 5) is 9.44. The largest absolute Gasteiger partial charge is 0.255 e. The Labute approximate surface area is 113 Å². The first-order chi connectivity index (χ1) is 9.33. The average molecular weight is 250 g/mol. The maximum Gasteiger partial charge on any atom is 0.0814 e. The van der Waals surface area contributed by atoms with Gasteiger partial charge in [0.2, 0.25) is 0 Å². The van der Waals surface area contributed by atoms with E-state index in [0.717, 1.165) is 41.1 Å². The molecule has 0 unspecified atom stereocenters. The fourth-order valence-electron chi connectivity index (χ4n) is 2.61. The summed E-state index contributed by atoms with van der Waals surface area (Å²) < 4.78 is 0. The Morgan fingerprint density at radius 1 is 1.11 bits per heavy atom. The monoisotopic (exact) mass is 250 g/mol. The Morgan fingerprint density at radius 3 is 2.74 bits per heavy atom. The normalized spacial score (nSPS) is 11.3. The molecule has 19 heavy (non-hydrogen) atoms. The van der Waals surface area contributed by atoms with E-state index in [4.69, 9.17) is 4.98 Å². The van der Waals surface area contributed by atoms with Crippen molar-refractivity contribution in [2.24, 2.45) is 0 Å². The Hall–Kier alpha value is -1.96. The van der Waals surface area contributed by atoms with Crippen LogP contribution >= 0.6 is 0 Å². The number of hydrogen-bond donors (Lipinski definition) is 0. The molecule has 0 N–H and O–H groups in total. The van der Waals surface area contributed by atoms with Crippen molar-refractivity contribution in [3.63, 3.8) is 0 Å². The van der Waals surface area contributed by atoms with Gasteiger partial charge in [-0.05, 0) is 30.5 Å². The Morgan fingerprint density at radius 2 is 1.95 bits per heavy atom. The number of hydrogen-bond acceptors (Lipinski definition) is 2. The lowest BCUT2D eigenvalue weighted by atomic mass is 10.0. The van der Waals surface area contributed by atoms with Crippen molar-refractivity contribution < 1.29 is 0 Å². The first-order valence-electron chi connectivity index (χ1n) is 6.99. The molecular weight excluding hydrogens is 232 g/mol. The van der Waals surface area contributed by atoms with Gasteiger partial charge in [-0.25, -0.2) is 0 Å². The fourth-order valence-corrected chi connectivity index (χ4v) is 2.61. The zero-order chi connectivity index (χ0) is 13.2. The molecule has 3 aromatic rings. The number of aryl methyl sites for hydroxylation is 2. The van der Waals surface area contributed by atoms with Crippen LogP contribution < -0.4 is 0 Å². The fraction of sp³-hybridized carbons (Fsp3) is 0.294. The standard InChI is InChI=1S/C17H18N2/c1-3-7-15-12(4-2)10-13-11-18-16-9-6-5-8-14(16)17(13)19-15/h5-6,8-11H,3-4,7H2,1-2H3. The molecule has 2 heteroatoms. The maximum atomic E-state index is 4.92. The van der Waals surface area contributed by atoms with E-state index in [1.807, 2.05) is 18.3 Å². The lowest BCUT2D eigenvalue weighted by molar-refractivity contribution is 0.866. The van der Waals surface area contributed by atoms with Crippen molar-refractivity contribution >= 4 is 21.8 Å². The molecule has 3 rings (SSSR count). The van der Waals surface area contributed by atoms with Crippen LogP contribution in [0.5, 0.6) is 0 Å². The molecule has 2 heterocycles.